The van der Waals surface area contributed by atoms with Crippen LogP contribution in [0.15, 0.2) is 61.3 Å². The largest absolute Gasteiger partial charge is 0.371 e. The van der Waals surface area contributed by atoms with Crippen molar-refractivity contribution < 1.29 is 9.53 Å². The van der Waals surface area contributed by atoms with Crippen LogP contribution in [0.1, 0.15) is 16.8 Å². The molecule has 0 bridgehead atoms. The van der Waals surface area contributed by atoms with Crippen LogP contribution in [-0.4, -0.2) is 35.0 Å². The number of ether oxygens (including phenoxy) is 1. The van der Waals surface area contributed by atoms with Gasteiger partial charge in [-0.2, -0.15) is 0 Å². The van der Waals surface area contributed by atoms with Crippen LogP contribution in [0.5, 0.6) is 0 Å². The summed E-state index contributed by atoms with van der Waals surface area (Å²) in [6.45, 7) is 7.51. The molecule has 1 fully saturated rings. The number of likely N-dealkylation sites (tertiary alicyclic amines) is 1. The van der Waals surface area contributed by atoms with Crippen LogP contribution in [0.25, 0.3) is 0 Å². The lowest BCUT2D eigenvalue weighted by atomic mass is 9.99. The Labute approximate surface area is 149 Å². The van der Waals surface area contributed by atoms with Crippen molar-refractivity contribution in [2.24, 2.45) is 5.92 Å². The fourth-order valence-corrected chi connectivity index (χ4v) is 3.21. The van der Waals surface area contributed by atoms with E-state index in [9.17, 15) is 4.79 Å². The second-order valence-corrected chi connectivity index (χ2v) is 6.57. The zero-order valence-electron chi connectivity index (χ0n) is 14.6. The average Bonchev–Trinajstić information content (AvgIpc) is 3.04. The van der Waals surface area contributed by atoms with Crippen LogP contribution in [-0.2, 0) is 22.6 Å². The fraction of sp³-hybridized carbons (Fsp3) is 0.333. The van der Waals surface area contributed by atoms with Gasteiger partial charge in [-0.05, 0) is 37.1 Å². The molecular formula is C21H24N2O2. The number of nitrogens with zero attached hydrogens (tertiary/aromatic N) is 2. The first kappa shape index (κ1) is 17.4. The molecule has 130 valence electrons. The van der Waals surface area contributed by atoms with E-state index in [0.29, 0.717) is 19.7 Å². The molecule has 1 amide bonds. The van der Waals surface area contributed by atoms with E-state index >= 15 is 0 Å². The standard InChI is InChI=1S/C21H24N2O2/c1-3-21(24)23-13-18(12-19-6-4-5-11-22-19)20(14-23)25-15-17-9-7-16(2)8-10-17/h3-11,18,20H,1,12-15H2,2H3/t18-,20-/m1/s1. The van der Waals surface area contributed by atoms with Crippen molar-refractivity contribution in [3.8, 4) is 0 Å². The first-order chi connectivity index (χ1) is 12.2. The van der Waals surface area contributed by atoms with Crippen LogP contribution in [0.3, 0.4) is 0 Å². The molecule has 1 aliphatic rings. The molecule has 0 unspecified atom stereocenters. The molecule has 25 heavy (non-hydrogen) atoms. The number of benzene rings is 1. The monoisotopic (exact) mass is 336 g/mol. The number of rotatable bonds is 6. The van der Waals surface area contributed by atoms with Crippen LogP contribution in [0, 0.1) is 12.8 Å². The van der Waals surface area contributed by atoms with E-state index in [4.69, 9.17) is 4.74 Å². The third-order valence-corrected chi connectivity index (χ3v) is 4.65. The lowest BCUT2D eigenvalue weighted by Crippen LogP contribution is -2.28. The molecule has 1 aromatic heterocycles. The molecular weight excluding hydrogens is 312 g/mol. The summed E-state index contributed by atoms with van der Waals surface area (Å²) in [6, 6.07) is 14.3. The first-order valence-electron chi connectivity index (χ1n) is 8.64. The van der Waals surface area contributed by atoms with E-state index in [1.807, 2.05) is 23.1 Å². The van der Waals surface area contributed by atoms with Crippen LogP contribution in [0.2, 0.25) is 0 Å². The summed E-state index contributed by atoms with van der Waals surface area (Å²) in [5.41, 5.74) is 3.42. The van der Waals surface area contributed by atoms with Gasteiger partial charge in [-0.15, -0.1) is 0 Å². The van der Waals surface area contributed by atoms with E-state index in [1.165, 1.54) is 11.6 Å². The number of hydrogen-bond acceptors (Lipinski definition) is 3. The molecule has 0 spiro atoms. The molecule has 2 heterocycles. The molecule has 2 aromatic rings. The maximum atomic E-state index is 12.0. The second-order valence-electron chi connectivity index (χ2n) is 6.57. The summed E-state index contributed by atoms with van der Waals surface area (Å²) in [5, 5.41) is 0. The number of carbonyl (C=O) groups is 1. The fourth-order valence-electron chi connectivity index (χ4n) is 3.21. The second kappa shape index (κ2) is 8.08. The van der Waals surface area contributed by atoms with E-state index < -0.39 is 0 Å². The van der Waals surface area contributed by atoms with Gasteiger partial charge in [0.05, 0.1) is 12.7 Å². The maximum absolute atomic E-state index is 12.0. The van der Waals surface area contributed by atoms with Crippen molar-refractivity contribution in [2.75, 3.05) is 13.1 Å². The molecule has 2 atom stereocenters. The molecule has 1 saturated heterocycles. The van der Waals surface area contributed by atoms with Crippen LogP contribution in [0.4, 0.5) is 0 Å². The van der Waals surface area contributed by atoms with Crippen molar-refractivity contribution in [2.45, 2.75) is 26.1 Å². The summed E-state index contributed by atoms with van der Waals surface area (Å²) >= 11 is 0. The van der Waals surface area contributed by atoms with Crippen molar-refractivity contribution in [3.05, 3.63) is 78.1 Å². The topological polar surface area (TPSA) is 42.4 Å². The molecule has 0 aliphatic carbocycles. The third-order valence-electron chi connectivity index (χ3n) is 4.65. The molecule has 0 N–H and O–H groups in total. The molecule has 0 saturated carbocycles. The average molecular weight is 336 g/mol. The SMILES string of the molecule is C=CC(=O)N1C[C@@H](Cc2ccccn2)[C@H](OCc2ccc(C)cc2)C1. The Balaban J connectivity index is 1.67. The summed E-state index contributed by atoms with van der Waals surface area (Å²) in [5.74, 6) is 0.205. The normalized spacial score (nSPS) is 19.8. The number of carbonyl (C=O) groups excluding carboxylic acids is 1. The minimum atomic E-state index is -0.0348. The Morgan fingerprint density at radius 1 is 1.28 bits per heavy atom. The quantitative estimate of drug-likeness (QED) is 0.761. The predicted octanol–water partition coefficient (Wildman–Crippen LogP) is 3.16. The van der Waals surface area contributed by atoms with Crippen molar-refractivity contribution in [3.63, 3.8) is 0 Å². The number of hydrogen-bond donors (Lipinski definition) is 0. The minimum absolute atomic E-state index is 0.00668. The highest BCUT2D eigenvalue weighted by atomic mass is 16.5. The lowest BCUT2D eigenvalue weighted by Gasteiger charge is -2.18. The van der Waals surface area contributed by atoms with Gasteiger partial charge in [-0.1, -0.05) is 42.5 Å². The minimum Gasteiger partial charge on any atom is -0.371 e. The number of amides is 1. The van der Waals surface area contributed by atoms with Crippen molar-refractivity contribution >= 4 is 5.91 Å². The summed E-state index contributed by atoms with van der Waals surface area (Å²) in [7, 11) is 0. The van der Waals surface area contributed by atoms with Gasteiger partial charge in [0, 0.05) is 30.9 Å². The van der Waals surface area contributed by atoms with Gasteiger partial charge in [0.2, 0.25) is 5.91 Å². The van der Waals surface area contributed by atoms with Gasteiger partial charge >= 0.3 is 0 Å². The van der Waals surface area contributed by atoms with E-state index in [-0.39, 0.29) is 17.9 Å². The zero-order chi connectivity index (χ0) is 17.6. The Bertz CT molecular complexity index is 712. The smallest absolute Gasteiger partial charge is 0.246 e. The number of pyridine rings is 1. The first-order valence-corrected chi connectivity index (χ1v) is 8.64. The highest BCUT2D eigenvalue weighted by molar-refractivity contribution is 5.87. The van der Waals surface area contributed by atoms with Crippen LogP contribution < -0.4 is 0 Å². The zero-order valence-corrected chi connectivity index (χ0v) is 14.6. The summed E-state index contributed by atoms with van der Waals surface area (Å²) < 4.78 is 6.18. The van der Waals surface area contributed by atoms with Gasteiger partial charge < -0.3 is 9.64 Å². The predicted molar refractivity (Wildman–Crippen MR) is 98.0 cm³/mol. The third kappa shape index (κ3) is 4.54. The van der Waals surface area contributed by atoms with Gasteiger partial charge in [0.1, 0.15) is 0 Å². The Morgan fingerprint density at radius 3 is 2.76 bits per heavy atom. The molecule has 4 heteroatoms. The van der Waals surface area contributed by atoms with Gasteiger partial charge in [-0.3, -0.25) is 9.78 Å². The molecule has 3 rings (SSSR count). The van der Waals surface area contributed by atoms with Crippen molar-refractivity contribution in [1.82, 2.24) is 9.88 Å². The maximum Gasteiger partial charge on any atom is 0.246 e. The number of aryl methyl sites for hydroxylation is 1. The van der Waals surface area contributed by atoms with E-state index in [0.717, 1.165) is 17.7 Å². The van der Waals surface area contributed by atoms with Gasteiger partial charge in [0.15, 0.2) is 0 Å². The highest BCUT2D eigenvalue weighted by Gasteiger charge is 2.35. The Kier molecular flexibility index (Phi) is 5.61. The van der Waals surface area contributed by atoms with Gasteiger partial charge in [-0.25, -0.2) is 0 Å². The summed E-state index contributed by atoms with van der Waals surface area (Å²) in [6.07, 6.45) is 3.99. The Hall–Kier alpha value is -2.46. The molecule has 1 aromatic carbocycles. The summed E-state index contributed by atoms with van der Waals surface area (Å²) in [4.78, 5) is 18.2. The van der Waals surface area contributed by atoms with E-state index in [1.54, 1.807) is 6.20 Å². The highest BCUT2D eigenvalue weighted by Crippen LogP contribution is 2.25. The Morgan fingerprint density at radius 2 is 2.08 bits per heavy atom. The van der Waals surface area contributed by atoms with Crippen LogP contribution >= 0.6 is 0 Å². The lowest BCUT2D eigenvalue weighted by molar-refractivity contribution is -0.125. The van der Waals surface area contributed by atoms with Gasteiger partial charge in [0.25, 0.3) is 0 Å². The molecule has 4 nitrogen and oxygen atoms in total. The molecule has 0 radical (unpaired) electrons. The molecule has 1 aliphatic heterocycles. The van der Waals surface area contributed by atoms with E-state index in [2.05, 4.69) is 42.8 Å². The van der Waals surface area contributed by atoms with Crippen molar-refractivity contribution in [1.29, 1.82) is 0 Å². The number of aromatic nitrogens is 1.